The third-order valence-corrected chi connectivity index (χ3v) is 1.24. The maximum absolute atomic E-state index is 3.70. The van der Waals surface area contributed by atoms with Crippen LogP contribution in [-0.2, 0) is 0 Å². The highest BCUT2D eigenvalue weighted by Gasteiger charge is 1.96. The molecule has 0 fully saturated rings. The number of anilines is 1. The molecule has 9 heavy (non-hydrogen) atoms. The standard InChI is InChI=1S/C4H8N4S/c1-3(2)5-4-6-7-8-9-4/h3H,1-2H3,(H,5,6,8). The molecular weight excluding hydrogens is 136 g/mol. The monoisotopic (exact) mass is 144 g/mol. The lowest BCUT2D eigenvalue weighted by atomic mass is 10.4. The van der Waals surface area contributed by atoms with Gasteiger partial charge in [0.1, 0.15) is 0 Å². The summed E-state index contributed by atoms with van der Waals surface area (Å²) in [4.78, 5) is 0. The minimum atomic E-state index is 0.403. The van der Waals surface area contributed by atoms with Crippen LogP contribution in [0.5, 0.6) is 0 Å². The molecule has 1 aromatic heterocycles. The van der Waals surface area contributed by atoms with Gasteiger partial charge in [-0.25, -0.2) is 0 Å². The zero-order chi connectivity index (χ0) is 6.69. The second-order valence-corrected chi connectivity index (χ2v) is 2.70. The van der Waals surface area contributed by atoms with Gasteiger partial charge in [0.05, 0.1) is 0 Å². The van der Waals surface area contributed by atoms with E-state index in [9.17, 15) is 0 Å². The van der Waals surface area contributed by atoms with Gasteiger partial charge in [-0.1, -0.05) is 9.59 Å². The van der Waals surface area contributed by atoms with Crippen molar-refractivity contribution < 1.29 is 0 Å². The summed E-state index contributed by atoms with van der Waals surface area (Å²) in [5, 5.41) is 11.0. The van der Waals surface area contributed by atoms with E-state index in [4.69, 9.17) is 0 Å². The number of nitrogens with zero attached hydrogens (tertiary/aromatic N) is 3. The number of nitrogens with one attached hydrogen (secondary N) is 1. The molecule has 0 aromatic carbocycles. The molecule has 0 atom stereocenters. The molecule has 0 unspecified atom stereocenters. The Morgan fingerprint density at radius 2 is 2.33 bits per heavy atom. The normalized spacial score (nSPS) is 10.1. The van der Waals surface area contributed by atoms with Crippen molar-refractivity contribution >= 4 is 16.7 Å². The molecule has 4 nitrogen and oxygen atoms in total. The van der Waals surface area contributed by atoms with Crippen molar-refractivity contribution in [2.45, 2.75) is 19.9 Å². The zero-order valence-electron chi connectivity index (χ0n) is 5.33. The summed E-state index contributed by atoms with van der Waals surface area (Å²) in [6.45, 7) is 4.09. The van der Waals surface area contributed by atoms with E-state index in [2.05, 4.69) is 20.1 Å². The van der Waals surface area contributed by atoms with E-state index in [-0.39, 0.29) is 0 Å². The quantitative estimate of drug-likeness (QED) is 0.665. The van der Waals surface area contributed by atoms with E-state index in [1.165, 1.54) is 11.5 Å². The van der Waals surface area contributed by atoms with Crippen molar-refractivity contribution in [1.82, 2.24) is 14.8 Å². The average molecular weight is 144 g/mol. The molecule has 0 aliphatic rings. The SMILES string of the molecule is CC(C)Nc1nnns1. The highest BCUT2D eigenvalue weighted by atomic mass is 32.1. The average Bonchev–Trinajstić information content (AvgIpc) is 2.15. The molecule has 0 amide bonds. The largest absolute Gasteiger partial charge is 0.357 e. The fraction of sp³-hybridized carbons (Fsp3) is 0.750. The van der Waals surface area contributed by atoms with Gasteiger partial charge in [0.2, 0.25) is 5.13 Å². The Labute approximate surface area is 57.5 Å². The Kier molecular flexibility index (Phi) is 1.94. The van der Waals surface area contributed by atoms with Crippen molar-refractivity contribution in [3.63, 3.8) is 0 Å². The Balaban J connectivity index is 2.48. The molecule has 0 aliphatic carbocycles. The highest BCUT2D eigenvalue weighted by Crippen LogP contribution is 2.05. The topological polar surface area (TPSA) is 50.7 Å². The molecule has 50 valence electrons. The van der Waals surface area contributed by atoms with E-state index in [0.717, 1.165) is 5.13 Å². The summed E-state index contributed by atoms with van der Waals surface area (Å²) >= 11 is 1.27. The molecule has 0 spiro atoms. The number of hydrogen-bond acceptors (Lipinski definition) is 5. The third-order valence-electron chi connectivity index (χ3n) is 0.712. The molecule has 1 heterocycles. The van der Waals surface area contributed by atoms with E-state index >= 15 is 0 Å². The predicted molar refractivity (Wildman–Crippen MR) is 36.5 cm³/mol. The molecule has 5 heteroatoms. The van der Waals surface area contributed by atoms with Crippen LogP contribution in [0.25, 0.3) is 0 Å². The molecule has 1 N–H and O–H groups in total. The molecule has 0 saturated carbocycles. The van der Waals surface area contributed by atoms with Crippen LogP contribution in [0.3, 0.4) is 0 Å². The Morgan fingerprint density at radius 1 is 1.56 bits per heavy atom. The first-order chi connectivity index (χ1) is 4.29. The second kappa shape index (κ2) is 2.72. The number of hydrogen-bond donors (Lipinski definition) is 1. The smallest absolute Gasteiger partial charge is 0.225 e. The molecule has 0 radical (unpaired) electrons. The van der Waals surface area contributed by atoms with Gasteiger partial charge in [0, 0.05) is 17.6 Å². The second-order valence-electron chi connectivity index (χ2n) is 1.97. The van der Waals surface area contributed by atoms with Gasteiger partial charge in [-0.2, -0.15) is 0 Å². The summed E-state index contributed by atoms with van der Waals surface area (Å²) in [7, 11) is 0. The van der Waals surface area contributed by atoms with E-state index in [1.807, 2.05) is 13.8 Å². The van der Waals surface area contributed by atoms with Crippen LogP contribution in [0.1, 0.15) is 13.8 Å². The van der Waals surface area contributed by atoms with Crippen LogP contribution in [-0.4, -0.2) is 20.8 Å². The molecule has 1 aromatic rings. The van der Waals surface area contributed by atoms with Crippen molar-refractivity contribution in [2.24, 2.45) is 0 Å². The van der Waals surface area contributed by atoms with Gasteiger partial charge < -0.3 is 5.32 Å². The van der Waals surface area contributed by atoms with Crippen LogP contribution in [0.2, 0.25) is 0 Å². The number of rotatable bonds is 2. The van der Waals surface area contributed by atoms with Gasteiger partial charge >= 0.3 is 0 Å². The van der Waals surface area contributed by atoms with Crippen molar-refractivity contribution in [3.8, 4) is 0 Å². The maximum Gasteiger partial charge on any atom is 0.225 e. The number of aromatic nitrogens is 3. The first-order valence-electron chi connectivity index (χ1n) is 2.70. The summed E-state index contributed by atoms with van der Waals surface area (Å²) in [6.07, 6.45) is 0. The maximum atomic E-state index is 3.70. The van der Waals surface area contributed by atoms with Gasteiger partial charge in [0.25, 0.3) is 0 Å². The predicted octanol–water partition coefficient (Wildman–Crippen LogP) is 0.753. The Morgan fingerprint density at radius 3 is 2.78 bits per heavy atom. The van der Waals surface area contributed by atoms with Gasteiger partial charge in [-0.3, -0.25) is 0 Å². The first kappa shape index (κ1) is 6.41. The summed E-state index contributed by atoms with van der Waals surface area (Å²) < 4.78 is 3.59. The van der Waals surface area contributed by atoms with Crippen molar-refractivity contribution in [1.29, 1.82) is 0 Å². The Hall–Kier alpha value is -0.710. The highest BCUT2D eigenvalue weighted by molar-refractivity contribution is 7.09. The summed E-state index contributed by atoms with van der Waals surface area (Å²) in [6, 6.07) is 0.403. The summed E-state index contributed by atoms with van der Waals surface area (Å²) in [5.41, 5.74) is 0. The lowest BCUT2D eigenvalue weighted by Crippen LogP contribution is -2.08. The van der Waals surface area contributed by atoms with Crippen LogP contribution in [0.15, 0.2) is 0 Å². The van der Waals surface area contributed by atoms with Crippen LogP contribution in [0.4, 0.5) is 5.13 Å². The summed E-state index contributed by atoms with van der Waals surface area (Å²) in [5.74, 6) is 0. The van der Waals surface area contributed by atoms with E-state index in [0.29, 0.717) is 6.04 Å². The zero-order valence-corrected chi connectivity index (χ0v) is 6.14. The molecule has 0 bridgehead atoms. The van der Waals surface area contributed by atoms with Crippen LogP contribution < -0.4 is 5.32 Å². The molecule has 1 rings (SSSR count). The van der Waals surface area contributed by atoms with E-state index < -0.39 is 0 Å². The third kappa shape index (κ3) is 1.93. The minimum Gasteiger partial charge on any atom is -0.357 e. The lowest BCUT2D eigenvalue weighted by Gasteiger charge is -2.01. The fourth-order valence-electron chi connectivity index (χ4n) is 0.436. The molecule has 0 saturated heterocycles. The minimum absolute atomic E-state index is 0.403. The van der Waals surface area contributed by atoms with Crippen LogP contribution in [0, 0.1) is 0 Å². The molecule has 0 aliphatic heterocycles. The van der Waals surface area contributed by atoms with Gasteiger partial charge in [0.15, 0.2) is 0 Å². The van der Waals surface area contributed by atoms with E-state index in [1.54, 1.807) is 0 Å². The van der Waals surface area contributed by atoms with Gasteiger partial charge in [-0.05, 0) is 19.1 Å². The van der Waals surface area contributed by atoms with Crippen molar-refractivity contribution in [3.05, 3.63) is 0 Å². The fourth-order valence-corrected chi connectivity index (χ4v) is 0.948. The lowest BCUT2D eigenvalue weighted by molar-refractivity contribution is 0.877. The van der Waals surface area contributed by atoms with Gasteiger partial charge in [-0.15, -0.1) is 0 Å². The first-order valence-corrected chi connectivity index (χ1v) is 3.48. The Bertz CT molecular complexity index is 159. The molecular formula is C4H8N4S. The van der Waals surface area contributed by atoms with Crippen LogP contribution >= 0.6 is 11.5 Å². The van der Waals surface area contributed by atoms with Crippen molar-refractivity contribution in [2.75, 3.05) is 5.32 Å².